The van der Waals surface area contributed by atoms with Gasteiger partial charge in [-0.05, 0) is 25.7 Å². The maximum atomic E-state index is 12.4. The first-order valence-corrected chi connectivity index (χ1v) is 7.65. The highest BCUT2D eigenvalue weighted by Gasteiger charge is 2.54. The summed E-state index contributed by atoms with van der Waals surface area (Å²) in [6.45, 7) is 4.49. The lowest BCUT2D eigenvalue weighted by atomic mass is 9.95. The highest BCUT2D eigenvalue weighted by atomic mass is 16.5. The fourth-order valence-electron chi connectivity index (χ4n) is 3.94. The zero-order valence-corrected chi connectivity index (χ0v) is 12.2. The number of hydrogen-bond acceptors (Lipinski definition) is 4. The van der Waals surface area contributed by atoms with Crippen molar-refractivity contribution in [1.82, 2.24) is 4.90 Å². The molecule has 0 bridgehead atoms. The van der Waals surface area contributed by atoms with Crippen LogP contribution in [-0.4, -0.2) is 46.7 Å². The fourth-order valence-corrected chi connectivity index (χ4v) is 3.94. The molecule has 0 aromatic rings. The average molecular weight is 281 g/mol. The van der Waals surface area contributed by atoms with Crippen LogP contribution in [0.4, 0.5) is 0 Å². The van der Waals surface area contributed by atoms with Crippen molar-refractivity contribution in [2.45, 2.75) is 51.2 Å². The number of likely N-dealkylation sites (tertiary alicyclic amines) is 1. The Morgan fingerprint density at radius 2 is 1.90 bits per heavy atom. The van der Waals surface area contributed by atoms with Gasteiger partial charge in [0.25, 0.3) is 0 Å². The van der Waals surface area contributed by atoms with Gasteiger partial charge in [0.05, 0.1) is 24.5 Å². The van der Waals surface area contributed by atoms with E-state index in [-0.39, 0.29) is 36.3 Å². The van der Waals surface area contributed by atoms with Gasteiger partial charge in [-0.25, -0.2) is 0 Å². The second-order valence-electron chi connectivity index (χ2n) is 6.59. The molecule has 2 saturated heterocycles. The topological polar surface area (TPSA) is 66.8 Å². The van der Waals surface area contributed by atoms with Crippen LogP contribution < -0.4 is 0 Å². The van der Waals surface area contributed by atoms with Crippen molar-refractivity contribution in [2.24, 2.45) is 17.8 Å². The molecule has 2 amide bonds. The highest BCUT2D eigenvalue weighted by molar-refractivity contribution is 6.05. The number of hydrogen-bond donors (Lipinski definition) is 1. The Kier molecular flexibility index (Phi) is 3.37. The maximum absolute atomic E-state index is 12.4. The molecule has 3 fully saturated rings. The van der Waals surface area contributed by atoms with E-state index < -0.39 is 5.60 Å². The largest absolute Gasteiger partial charge is 0.385 e. The summed E-state index contributed by atoms with van der Waals surface area (Å²) in [6, 6.07) is 0. The van der Waals surface area contributed by atoms with Crippen LogP contribution in [0.2, 0.25) is 0 Å². The Bertz CT molecular complexity index is 414. The number of ether oxygens (including phenoxy) is 1. The number of imide groups is 1. The van der Waals surface area contributed by atoms with Gasteiger partial charge in [0, 0.05) is 13.0 Å². The molecule has 0 aromatic carbocycles. The summed E-state index contributed by atoms with van der Waals surface area (Å²) in [5.41, 5.74) is -1.08. The molecule has 1 aliphatic carbocycles. The molecule has 5 nitrogen and oxygen atoms in total. The van der Waals surface area contributed by atoms with Crippen molar-refractivity contribution in [3.05, 3.63) is 0 Å². The second kappa shape index (κ2) is 4.81. The third kappa shape index (κ3) is 1.99. The summed E-state index contributed by atoms with van der Waals surface area (Å²) in [5, 5.41) is 10.5. The smallest absolute Gasteiger partial charge is 0.233 e. The molecule has 3 aliphatic rings. The molecule has 0 aromatic heterocycles. The summed E-state index contributed by atoms with van der Waals surface area (Å²) < 4.78 is 5.38. The molecule has 20 heavy (non-hydrogen) atoms. The van der Waals surface area contributed by atoms with Crippen molar-refractivity contribution in [1.29, 1.82) is 0 Å². The molecule has 0 radical (unpaired) electrons. The maximum Gasteiger partial charge on any atom is 0.233 e. The van der Waals surface area contributed by atoms with Gasteiger partial charge in [-0.15, -0.1) is 0 Å². The Balaban J connectivity index is 1.74. The molecule has 3 rings (SSSR count). The minimum Gasteiger partial charge on any atom is -0.385 e. The summed E-state index contributed by atoms with van der Waals surface area (Å²) in [6.07, 6.45) is 2.84. The molecule has 4 atom stereocenters. The molecule has 1 N–H and O–H groups in total. The Morgan fingerprint density at radius 1 is 1.30 bits per heavy atom. The molecule has 5 heteroatoms. The Morgan fingerprint density at radius 3 is 2.35 bits per heavy atom. The van der Waals surface area contributed by atoms with Crippen LogP contribution in [-0.2, 0) is 14.3 Å². The first kappa shape index (κ1) is 14.0. The molecular weight excluding hydrogens is 258 g/mol. The number of carbonyl (C=O) groups is 2. The summed E-state index contributed by atoms with van der Waals surface area (Å²) >= 11 is 0. The SMILES string of the molecule is CCC1CC2C(=O)N(CC3(O)CCOC3C)C(=O)C2C1. The fraction of sp³-hybridized carbons (Fsp3) is 0.867. The van der Waals surface area contributed by atoms with E-state index in [0.717, 1.165) is 19.3 Å². The molecular formula is C15H23NO4. The minimum atomic E-state index is -1.08. The van der Waals surface area contributed by atoms with E-state index in [1.165, 1.54) is 4.90 Å². The van der Waals surface area contributed by atoms with E-state index in [2.05, 4.69) is 6.92 Å². The van der Waals surface area contributed by atoms with Gasteiger partial charge in [-0.2, -0.15) is 0 Å². The lowest BCUT2D eigenvalue weighted by Gasteiger charge is -2.30. The van der Waals surface area contributed by atoms with Crippen molar-refractivity contribution in [2.75, 3.05) is 13.2 Å². The average Bonchev–Trinajstić information content (AvgIpc) is 3.04. The summed E-state index contributed by atoms with van der Waals surface area (Å²) in [4.78, 5) is 26.2. The van der Waals surface area contributed by atoms with Crippen LogP contribution in [0.5, 0.6) is 0 Å². The third-order valence-corrected chi connectivity index (χ3v) is 5.50. The van der Waals surface area contributed by atoms with Crippen molar-refractivity contribution in [3.63, 3.8) is 0 Å². The Labute approximate surface area is 119 Å². The third-order valence-electron chi connectivity index (χ3n) is 5.50. The van der Waals surface area contributed by atoms with E-state index >= 15 is 0 Å². The van der Waals surface area contributed by atoms with Crippen molar-refractivity contribution < 1.29 is 19.4 Å². The van der Waals surface area contributed by atoms with Crippen LogP contribution in [0, 0.1) is 17.8 Å². The quantitative estimate of drug-likeness (QED) is 0.782. The monoisotopic (exact) mass is 281 g/mol. The number of amides is 2. The molecule has 4 unspecified atom stereocenters. The van der Waals surface area contributed by atoms with E-state index in [9.17, 15) is 14.7 Å². The molecule has 2 heterocycles. The predicted octanol–water partition coefficient (Wildman–Crippen LogP) is 0.947. The van der Waals surface area contributed by atoms with Crippen LogP contribution in [0.25, 0.3) is 0 Å². The van der Waals surface area contributed by atoms with Gasteiger partial charge < -0.3 is 9.84 Å². The summed E-state index contributed by atoms with van der Waals surface area (Å²) in [7, 11) is 0. The number of aliphatic hydroxyl groups is 1. The lowest BCUT2D eigenvalue weighted by molar-refractivity contribution is -0.146. The van der Waals surface area contributed by atoms with Gasteiger partial charge in [-0.3, -0.25) is 14.5 Å². The standard InChI is InChI=1S/C15H23NO4/c1-3-10-6-11-12(7-10)14(18)16(13(11)17)8-15(19)4-5-20-9(15)2/h9-12,19H,3-8H2,1-2H3. The molecule has 2 aliphatic heterocycles. The van der Waals surface area contributed by atoms with Gasteiger partial charge in [0.15, 0.2) is 0 Å². The Hall–Kier alpha value is -0.940. The van der Waals surface area contributed by atoms with E-state index in [1.807, 2.05) is 0 Å². The van der Waals surface area contributed by atoms with Gasteiger partial charge in [0.1, 0.15) is 5.60 Å². The highest BCUT2D eigenvalue weighted by Crippen LogP contribution is 2.45. The number of carbonyl (C=O) groups excluding carboxylic acids is 2. The number of rotatable bonds is 3. The van der Waals surface area contributed by atoms with Gasteiger partial charge in [-0.1, -0.05) is 13.3 Å². The van der Waals surface area contributed by atoms with Crippen LogP contribution in [0.3, 0.4) is 0 Å². The van der Waals surface area contributed by atoms with Crippen molar-refractivity contribution >= 4 is 11.8 Å². The number of nitrogens with zero attached hydrogens (tertiary/aromatic N) is 1. The molecule has 1 saturated carbocycles. The lowest BCUT2D eigenvalue weighted by Crippen LogP contribution is -2.50. The van der Waals surface area contributed by atoms with Gasteiger partial charge in [0.2, 0.25) is 11.8 Å². The van der Waals surface area contributed by atoms with Gasteiger partial charge >= 0.3 is 0 Å². The first-order chi connectivity index (χ1) is 9.46. The van der Waals surface area contributed by atoms with E-state index in [1.54, 1.807) is 6.92 Å². The van der Waals surface area contributed by atoms with Crippen LogP contribution in [0.1, 0.15) is 39.5 Å². The van der Waals surface area contributed by atoms with Crippen LogP contribution in [0.15, 0.2) is 0 Å². The van der Waals surface area contributed by atoms with Crippen molar-refractivity contribution in [3.8, 4) is 0 Å². The summed E-state index contributed by atoms with van der Waals surface area (Å²) in [5.74, 6) is 0.0474. The molecule has 112 valence electrons. The zero-order valence-electron chi connectivity index (χ0n) is 12.2. The number of fused-ring (bicyclic) bond motifs is 1. The van der Waals surface area contributed by atoms with Crippen LogP contribution >= 0.6 is 0 Å². The second-order valence-corrected chi connectivity index (χ2v) is 6.59. The normalized spacial score (nSPS) is 44.5. The first-order valence-electron chi connectivity index (χ1n) is 7.65. The van der Waals surface area contributed by atoms with E-state index in [0.29, 0.717) is 18.9 Å². The number of β-amino-alcohol motifs (C(OH)–C–C–N with tert-alkyl or cyclic N) is 1. The minimum absolute atomic E-state index is 0.0801. The predicted molar refractivity (Wildman–Crippen MR) is 71.7 cm³/mol. The zero-order chi connectivity index (χ0) is 14.5. The molecule has 0 spiro atoms. The van der Waals surface area contributed by atoms with E-state index in [4.69, 9.17) is 4.74 Å².